The fraction of sp³-hybridized carbons (Fsp3) is 0.786. The Labute approximate surface area is 124 Å². The summed E-state index contributed by atoms with van der Waals surface area (Å²) in [5.74, 6) is -1.02. The summed E-state index contributed by atoms with van der Waals surface area (Å²) in [6, 6.07) is -0.491. The van der Waals surface area contributed by atoms with Gasteiger partial charge < -0.3 is 10.4 Å². The van der Waals surface area contributed by atoms with Gasteiger partial charge in [-0.3, -0.25) is 19.8 Å². The van der Waals surface area contributed by atoms with Crippen LogP contribution in [-0.2, 0) is 9.59 Å². The van der Waals surface area contributed by atoms with Gasteiger partial charge in [0.1, 0.15) is 0 Å². The maximum absolute atomic E-state index is 11.8. The van der Waals surface area contributed by atoms with Crippen LogP contribution in [0.5, 0.6) is 0 Å². The number of nitrogens with one attached hydrogen (secondary N) is 2. The Bertz CT molecular complexity index is 440. The van der Waals surface area contributed by atoms with Crippen LogP contribution in [0.1, 0.15) is 32.6 Å². The number of carbonyl (C=O) groups is 3. The van der Waals surface area contributed by atoms with Crippen LogP contribution in [0.4, 0.5) is 4.79 Å². The van der Waals surface area contributed by atoms with E-state index in [0.29, 0.717) is 26.1 Å². The number of likely N-dealkylation sites (tertiary alicyclic amines) is 1. The zero-order valence-corrected chi connectivity index (χ0v) is 12.4. The van der Waals surface area contributed by atoms with E-state index < -0.39 is 17.4 Å². The summed E-state index contributed by atoms with van der Waals surface area (Å²) in [4.78, 5) is 36.6. The molecule has 7 nitrogen and oxygen atoms in total. The molecule has 1 aliphatic carbocycles. The molecule has 0 bridgehead atoms. The van der Waals surface area contributed by atoms with Crippen molar-refractivity contribution in [1.29, 1.82) is 0 Å². The van der Waals surface area contributed by atoms with Crippen molar-refractivity contribution < 1.29 is 19.5 Å². The lowest BCUT2D eigenvalue weighted by Crippen LogP contribution is -2.45. The molecule has 0 aromatic heterocycles. The summed E-state index contributed by atoms with van der Waals surface area (Å²) < 4.78 is 0. The van der Waals surface area contributed by atoms with Crippen molar-refractivity contribution >= 4 is 17.9 Å². The molecule has 1 heterocycles. The zero-order chi connectivity index (χ0) is 15.5. The van der Waals surface area contributed by atoms with Crippen molar-refractivity contribution in [3.63, 3.8) is 0 Å². The van der Waals surface area contributed by atoms with Crippen molar-refractivity contribution in [2.24, 2.45) is 11.3 Å². The molecule has 0 aromatic rings. The van der Waals surface area contributed by atoms with E-state index in [4.69, 9.17) is 0 Å². The van der Waals surface area contributed by atoms with E-state index in [0.717, 1.165) is 19.3 Å². The Balaban J connectivity index is 1.84. The van der Waals surface area contributed by atoms with Gasteiger partial charge in [-0.2, -0.15) is 0 Å². The molecule has 7 heteroatoms. The number of aliphatic carboxylic acids is 1. The largest absolute Gasteiger partial charge is 0.481 e. The lowest BCUT2D eigenvalue weighted by Gasteiger charge is -2.23. The summed E-state index contributed by atoms with van der Waals surface area (Å²) in [6.07, 6.45) is 3.33. The van der Waals surface area contributed by atoms with Gasteiger partial charge >= 0.3 is 12.0 Å². The van der Waals surface area contributed by atoms with Crippen LogP contribution >= 0.6 is 0 Å². The summed E-state index contributed by atoms with van der Waals surface area (Å²) in [5, 5.41) is 14.3. The minimum Gasteiger partial charge on any atom is -0.481 e. The maximum atomic E-state index is 11.8. The molecule has 3 amide bonds. The van der Waals surface area contributed by atoms with Crippen LogP contribution < -0.4 is 10.6 Å². The van der Waals surface area contributed by atoms with E-state index in [1.807, 2.05) is 11.8 Å². The molecular formula is C14H23N3O4. The molecule has 2 fully saturated rings. The third-order valence-electron chi connectivity index (χ3n) is 4.52. The Morgan fingerprint density at radius 2 is 2.14 bits per heavy atom. The molecule has 2 atom stereocenters. The second kappa shape index (κ2) is 6.43. The molecule has 0 unspecified atom stereocenters. The van der Waals surface area contributed by atoms with Gasteiger partial charge in [-0.1, -0.05) is 13.3 Å². The molecule has 2 rings (SSSR count). The van der Waals surface area contributed by atoms with Gasteiger partial charge in [-0.05, 0) is 25.2 Å². The molecule has 1 saturated carbocycles. The van der Waals surface area contributed by atoms with Crippen LogP contribution in [0.15, 0.2) is 0 Å². The highest BCUT2D eigenvalue weighted by Gasteiger charge is 2.54. The predicted octanol–water partition coefficient (Wildman–Crippen LogP) is 0.409. The summed E-state index contributed by atoms with van der Waals surface area (Å²) in [5.41, 5.74) is -0.690. The van der Waals surface area contributed by atoms with E-state index in [1.54, 1.807) is 0 Å². The smallest absolute Gasteiger partial charge is 0.321 e. The van der Waals surface area contributed by atoms with Gasteiger partial charge in [-0.25, -0.2) is 4.79 Å². The zero-order valence-electron chi connectivity index (χ0n) is 12.4. The lowest BCUT2D eigenvalue weighted by molar-refractivity contribution is -0.149. The molecule has 0 radical (unpaired) electrons. The highest BCUT2D eigenvalue weighted by atomic mass is 16.4. The highest BCUT2D eigenvalue weighted by molar-refractivity contribution is 5.95. The molecule has 1 aliphatic heterocycles. The fourth-order valence-electron chi connectivity index (χ4n) is 3.52. The first kappa shape index (κ1) is 15.8. The van der Waals surface area contributed by atoms with Crippen LogP contribution in [0, 0.1) is 11.3 Å². The van der Waals surface area contributed by atoms with Gasteiger partial charge in [0, 0.05) is 19.6 Å². The number of carbonyl (C=O) groups excluding carboxylic acids is 2. The number of nitrogens with zero attached hydrogens (tertiary/aromatic N) is 1. The maximum Gasteiger partial charge on any atom is 0.321 e. The molecule has 0 aromatic carbocycles. The Hall–Kier alpha value is -1.63. The van der Waals surface area contributed by atoms with Crippen molar-refractivity contribution in [3.8, 4) is 0 Å². The standard InChI is InChI=1S/C14H23N3O4/c1-2-6-15-13(21)16-11(18)8-17-7-10-4-3-5-14(10,9-17)12(19)20/h10H,2-9H2,1H3,(H,19,20)(H2,15,16,18,21)/t10-,14+/m0/s1. The van der Waals surface area contributed by atoms with Crippen molar-refractivity contribution in [2.45, 2.75) is 32.6 Å². The minimum absolute atomic E-state index is 0.0745. The quantitative estimate of drug-likeness (QED) is 0.682. The number of rotatable bonds is 5. The molecular weight excluding hydrogens is 274 g/mol. The normalized spacial score (nSPS) is 28.1. The average Bonchev–Trinajstić information content (AvgIpc) is 2.93. The predicted molar refractivity (Wildman–Crippen MR) is 75.7 cm³/mol. The molecule has 2 aliphatic rings. The number of fused-ring (bicyclic) bond motifs is 1. The number of amides is 3. The van der Waals surface area contributed by atoms with E-state index >= 15 is 0 Å². The van der Waals surface area contributed by atoms with Gasteiger partial charge in [0.05, 0.1) is 12.0 Å². The lowest BCUT2D eigenvalue weighted by atomic mass is 9.81. The number of carboxylic acids is 1. The highest BCUT2D eigenvalue weighted by Crippen LogP contribution is 2.48. The van der Waals surface area contributed by atoms with Gasteiger partial charge in [0.15, 0.2) is 0 Å². The first-order chi connectivity index (χ1) is 9.98. The topological polar surface area (TPSA) is 98.7 Å². The molecule has 118 valence electrons. The summed E-state index contributed by atoms with van der Waals surface area (Å²) in [6.45, 7) is 3.54. The van der Waals surface area contributed by atoms with Crippen LogP contribution in [0.25, 0.3) is 0 Å². The first-order valence-corrected chi connectivity index (χ1v) is 7.51. The van der Waals surface area contributed by atoms with Crippen molar-refractivity contribution in [2.75, 3.05) is 26.2 Å². The molecule has 0 spiro atoms. The monoisotopic (exact) mass is 297 g/mol. The Morgan fingerprint density at radius 3 is 2.76 bits per heavy atom. The SMILES string of the molecule is CCCNC(=O)NC(=O)CN1C[C@@H]2CCC[C@@]2(C(=O)O)C1. The van der Waals surface area contributed by atoms with E-state index in [9.17, 15) is 19.5 Å². The third-order valence-corrected chi connectivity index (χ3v) is 4.52. The first-order valence-electron chi connectivity index (χ1n) is 7.51. The fourth-order valence-corrected chi connectivity index (χ4v) is 3.52. The number of hydrogen-bond acceptors (Lipinski definition) is 4. The molecule has 21 heavy (non-hydrogen) atoms. The summed E-state index contributed by atoms with van der Waals surface area (Å²) in [7, 11) is 0. The third kappa shape index (κ3) is 3.34. The van der Waals surface area contributed by atoms with Gasteiger partial charge in [0.25, 0.3) is 0 Å². The Morgan fingerprint density at radius 1 is 1.38 bits per heavy atom. The van der Waals surface area contributed by atoms with Crippen molar-refractivity contribution in [3.05, 3.63) is 0 Å². The minimum atomic E-state index is -0.756. The Kier molecular flexibility index (Phi) is 4.82. The molecule has 3 N–H and O–H groups in total. The van der Waals surface area contributed by atoms with Gasteiger partial charge in [-0.15, -0.1) is 0 Å². The van der Waals surface area contributed by atoms with Gasteiger partial charge in [0.2, 0.25) is 5.91 Å². The number of urea groups is 1. The van der Waals surface area contributed by atoms with Crippen LogP contribution in [0.3, 0.4) is 0 Å². The van der Waals surface area contributed by atoms with E-state index in [1.165, 1.54) is 0 Å². The average molecular weight is 297 g/mol. The van der Waals surface area contributed by atoms with Crippen molar-refractivity contribution in [1.82, 2.24) is 15.5 Å². The van der Waals surface area contributed by atoms with E-state index in [2.05, 4.69) is 10.6 Å². The second-order valence-corrected chi connectivity index (χ2v) is 6.02. The van der Waals surface area contributed by atoms with E-state index in [-0.39, 0.29) is 18.4 Å². The molecule has 1 saturated heterocycles. The second-order valence-electron chi connectivity index (χ2n) is 6.02. The number of imide groups is 1. The number of hydrogen-bond donors (Lipinski definition) is 3. The number of carboxylic acid groups (broad SMARTS) is 1. The van der Waals surface area contributed by atoms with Crippen LogP contribution in [-0.4, -0.2) is 54.1 Å². The summed E-state index contributed by atoms with van der Waals surface area (Å²) >= 11 is 0. The van der Waals surface area contributed by atoms with Crippen LogP contribution in [0.2, 0.25) is 0 Å².